The number of rotatable bonds is 4. The minimum atomic E-state index is 0.866. The van der Waals surface area contributed by atoms with E-state index in [1.165, 1.54) is 63.8 Å². The third-order valence-corrected chi connectivity index (χ3v) is 4.87. The molecule has 104 valence electrons. The third kappa shape index (κ3) is 3.37. The van der Waals surface area contributed by atoms with Crippen molar-refractivity contribution >= 4 is 0 Å². The molecule has 2 saturated heterocycles. The highest BCUT2D eigenvalue weighted by atomic mass is 15.2. The molecule has 2 heteroatoms. The summed E-state index contributed by atoms with van der Waals surface area (Å²) in [6.07, 6.45) is 6.81. The highest BCUT2D eigenvalue weighted by Gasteiger charge is 2.31. The van der Waals surface area contributed by atoms with E-state index in [1.54, 1.807) is 0 Å². The molecule has 0 saturated carbocycles. The second kappa shape index (κ2) is 6.53. The molecule has 3 rings (SSSR count). The Balaban J connectivity index is 1.54. The van der Waals surface area contributed by atoms with Gasteiger partial charge in [0.1, 0.15) is 0 Å². The Labute approximate surface area is 117 Å². The van der Waals surface area contributed by atoms with Crippen LogP contribution in [0.3, 0.4) is 0 Å². The number of nitrogens with one attached hydrogen (secondary N) is 1. The minimum Gasteiger partial charge on any atom is -0.317 e. The Kier molecular flexibility index (Phi) is 4.52. The summed E-state index contributed by atoms with van der Waals surface area (Å²) in [5.41, 5.74) is 1.48. The van der Waals surface area contributed by atoms with Crippen LogP contribution in [0.25, 0.3) is 0 Å². The number of likely N-dealkylation sites (tertiary alicyclic amines) is 1. The van der Waals surface area contributed by atoms with E-state index in [2.05, 4.69) is 40.5 Å². The largest absolute Gasteiger partial charge is 0.317 e. The molecular formula is C17H26N2. The van der Waals surface area contributed by atoms with Gasteiger partial charge in [0.15, 0.2) is 0 Å². The summed E-state index contributed by atoms with van der Waals surface area (Å²) in [6.45, 7) is 5.03. The first-order valence-electron chi connectivity index (χ1n) is 7.92. The quantitative estimate of drug-likeness (QED) is 0.893. The molecule has 0 radical (unpaired) electrons. The van der Waals surface area contributed by atoms with Gasteiger partial charge in [0.05, 0.1) is 0 Å². The van der Waals surface area contributed by atoms with E-state index in [9.17, 15) is 0 Å². The molecule has 1 unspecified atom stereocenters. The van der Waals surface area contributed by atoms with Crippen molar-refractivity contribution in [3.8, 4) is 0 Å². The van der Waals surface area contributed by atoms with Gasteiger partial charge in [-0.1, -0.05) is 30.3 Å². The van der Waals surface area contributed by atoms with Gasteiger partial charge in [-0.2, -0.15) is 0 Å². The zero-order valence-electron chi connectivity index (χ0n) is 11.9. The Morgan fingerprint density at radius 1 is 1.05 bits per heavy atom. The number of benzene rings is 1. The normalized spacial score (nSPS) is 25.8. The van der Waals surface area contributed by atoms with Crippen LogP contribution in [0.1, 0.15) is 31.2 Å². The standard InChI is InChI=1S/C17H26N2/c1-2-5-15(6-3-1)10-14-19-13-4-7-17(19)16-8-11-18-12-9-16/h1-3,5-6,16-18H,4,7-14H2. The van der Waals surface area contributed by atoms with Crippen molar-refractivity contribution in [3.63, 3.8) is 0 Å². The number of piperidine rings is 1. The van der Waals surface area contributed by atoms with Gasteiger partial charge >= 0.3 is 0 Å². The third-order valence-electron chi connectivity index (χ3n) is 4.87. The van der Waals surface area contributed by atoms with Crippen LogP contribution in [-0.2, 0) is 6.42 Å². The molecule has 1 atom stereocenters. The van der Waals surface area contributed by atoms with Gasteiger partial charge in [0, 0.05) is 12.6 Å². The van der Waals surface area contributed by atoms with Crippen LogP contribution in [0.2, 0.25) is 0 Å². The van der Waals surface area contributed by atoms with Crippen LogP contribution in [0, 0.1) is 5.92 Å². The van der Waals surface area contributed by atoms with Crippen molar-refractivity contribution < 1.29 is 0 Å². The summed E-state index contributed by atoms with van der Waals surface area (Å²) >= 11 is 0. The van der Waals surface area contributed by atoms with E-state index in [0.29, 0.717) is 0 Å². The smallest absolute Gasteiger partial charge is 0.0125 e. The summed E-state index contributed by atoms with van der Waals surface area (Å²) in [5, 5.41) is 3.49. The maximum atomic E-state index is 3.49. The first kappa shape index (κ1) is 13.1. The summed E-state index contributed by atoms with van der Waals surface area (Å²) in [4.78, 5) is 2.77. The molecule has 1 N–H and O–H groups in total. The maximum Gasteiger partial charge on any atom is 0.0125 e. The average Bonchev–Trinajstić information content (AvgIpc) is 2.95. The minimum absolute atomic E-state index is 0.866. The molecule has 19 heavy (non-hydrogen) atoms. The van der Waals surface area contributed by atoms with Gasteiger partial charge in [-0.05, 0) is 63.2 Å². The molecule has 2 nitrogen and oxygen atoms in total. The average molecular weight is 258 g/mol. The van der Waals surface area contributed by atoms with Crippen molar-refractivity contribution in [2.75, 3.05) is 26.2 Å². The van der Waals surface area contributed by atoms with Gasteiger partial charge in [0.2, 0.25) is 0 Å². The zero-order chi connectivity index (χ0) is 12.9. The van der Waals surface area contributed by atoms with Crippen LogP contribution in [0.15, 0.2) is 30.3 Å². The highest BCUT2D eigenvalue weighted by molar-refractivity contribution is 5.15. The van der Waals surface area contributed by atoms with E-state index >= 15 is 0 Å². The first-order chi connectivity index (χ1) is 9.43. The Bertz CT molecular complexity index is 370. The summed E-state index contributed by atoms with van der Waals surface area (Å²) in [5.74, 6) is 0.944. The van der Waals surface area contributed by atoms with Crippen molar-refractivity contribution in [1.29, 1.82) is 0 Å². The van der Waals surface area contributed by atoms with Gasteiger partial charge in [-0.3, -0.25) is 4.90 Å². The van der Waals surface area contributed by atoms with E-state index in [0.717, 1.165) is 12.0 Å². The molecule has 2 aliphatic heterocycles. The molecule has 2 aliphatic rings. The lowest BCUT2D eigenvalue weighted by atomic mass is 9.88. The molecule has 0 aliphatic carbocycles. The SMILES string of the molecule is c1ccc(CCN2CCCC2C2CCNCC2)cc1. The van der Waals surface area contributed by atoms with Crippen LogP contribution >= 0.6 is 0 Å². The molecule has 0 bridgehead atoms. The van der Waals surface area contributed by atoms with E-state index < -0.39 is 0 Å². The van der Waals surface area contributed by atoms with Gasteiger partial charge in [-0.25, -0.2) is 0 Å². The van der Waals surface area contributed by atoms with Crippen LogP contribution in [-0.4, -0.2) is 37.1 Å². The Morgan fingerprint density at radius 2 is 1.84 bits per heavy atom. The number of nitrogens with zero attached hydrogens (tertiary/aromatic N) is 1. The van der Waals surface area contributed by atoms with Crippen molar-refractivity contribution in [3.05, 3.63) is 35.9 Å². The van der Waals surface area contributed by atoms with Gasteiger partial charge in [-0.15, -0.1) is 0 Å². The lowest BCUT2D eigenvalue weighted by molar-refractivity contribution is 0.164. The topological polar surface area (TPSA) is 15.3 Å². The van der Waals surface area contributed by atoms with E-state index in [-0.39, 0.29) is 0 Å². The van der Waals surface area contributed by atoms with Crippen LogP contribution in [0.5, 0.6) is 0 Å². The van der Waals surface area contributed by atoms with Crippen LogP contribution in [0.4, 0.5) is 0 Å². The Morgan fingerprint density at radius 3 is 2.63 bits per heavy atom. The lowest BCUT2D eigenvalue weighted by Crippen LogP contribution is -2.41. The van der Waals surface area contributed by atoms with Crippen molar-refractivity contribution in [1.82, 2.24) is 10.2 Å². The molecule has 1 aromatic carbocycles. The second-order valence-corrected chi connectivity index (χ2v) is 6.07. The Hall–Kier alpha value is -0.860. The summed E-state index contributed by atoms with van der Waals surface area (Å²) in [7, 11) is 0. The fraction of sp³-hybridized carbons (Fsp3) is 0.647. The highest BCUT2D eigenvalue weighted by Crippen LogP contribution is 2.29. The van der Waals surface area contributed by atoms with Crippen molar-refractivity contribution in [2.24, 2.45) is 5.92 Å². The fourth-order valence-corrected chi connectivity index (χ4v) is 3.81. The molecule has 2 heterocycles. The molecule has 0 amide bonds. The van der Waals surface area contributed by atoms with Crippen molar-refractivity contribution in [2.45, 2.75) is 38.1 Å². The lowest BCUT2D eigenvalue weighted by Gasteiger charge is -2.34. The van der Waals surface area contributed by atoms with Gasteiger partial charge < -0.3 is 5.32 Å². The van der Waals surface area contributed by atoms with E-state index in [4.69, 9.17) is 0 Å². The maximum absolute atomic E-state index is 3.49. The summed E-state index contributed by atoms with van der Waals surface area (Å²) < 4.78 is 0. The summed E-state index contributed by atoms with van der Waals surface area (Å²) in [6, 6.07) is 11.8. The molecule has 0 aromatic heterocycles. The first-order valence-corrected chi connectivity index (χ1v) is 7.92. The van der Waals surface area contributed by atoms with E-state index in [1.807, 2.05) is 0 Å². The molecular weight excluding hydrogens is 232 g/mol. The molecule has 0 spiro atoms. The zero-order valence-corrected chi connectivity index (χ0v) is 11.9. The number of hydrogen-bond acceptors (Lipinski definition) is 2. The molecule has 1 aromatic rings. The van der Waals surface area contributed by atoms with Gasteiger partial charge in [0.25, 0.3) is 0 Å². The predicted octanol–water partition coefficient (Wildman–Crippen LogP) is 2.69. The number of hydrogen-bond donors (Lipinski definition) is 1. The van der Waals surface area contributed by atoms with Crippen LogP contribution < -0.4 is 5.32 Å². The monoisotopic (exact) mass is 258 g/mol. The second-order valence-electron chi connectivity index (χ2n) is 6.07. The molecule has 2 fully saturated rings. The fourth-order valence-electron chi connectivity index (χ4n) is 3.81. The predicted molar refractivity (Wildman–Crippen MR) is 80.3 cm³/mol.